The molecule has 4 aromatic rings. The fourth-order valence-electron chi connectivity index (χ4n) is 4.41. The van der Waals surface area contributed by atoms with E-state index in [9.17, 15) is 4.79 Å². The third kappa shape index (κ3) is 8.21. The Morgan fingerprint density at radius 2 is 1.44 bits per heavy atom. The molecule has 3 aromatic carbocycles. The van der Waals surface area contributed by atoms with Crippen molar-refractivity contribution in [3.8, 4) is 34.1 Å². The van der Waals surface area contributed by atoms with E-state index in [-0.39, 0.29) is 5.97 Å². The molecule has 7 heteroatoms. The number of ether oxygens (including phenoxy) is 3. The first-order valence-electron chi connectivity index (χ1n) is 14.2. The molecule has 41 heavy (non-hydrogen) atoms. The van der Waals surface area contributed by atoms with Crippen LogP contribution in [0.3, 0.4) is 0 Å². The van der Waals surface area contributed by atoms with Crippen LogP contribution in [0.5, 0.6) is 11.5 Å². The van der Waals surface area contributed by atoms with Crippen molar-refractivity contribution < 1.29 is 23.4 Å². The van der Waals surface area contributed by atoms with Crippen LogP contribution in [0.1, 0.15) is 39.1 Å². The van der Waals surface area contributed by atoms with Crippen LogP contribution >= 0.6 is 0 Å². The van der Waals surface area contributed by atoms with Crippen molar-refractivity contribution in [2.45, 2.75) is 46.6 Å². The Kier molecular flexibility index (Phi) is 10.2. The Hall–Kier alpha value is -4.10. The summed E-state index contributed by atoms with van der Waals surface area (Å²) in [5, 5.41) is 0. The predicted molar refractivity (Wildman–Crippen MR) is 161 cm³/mol. The fraction of sp³-hybridized carbons (Fsp3) is 0.353. The van der Waals surface area contributed by atoms with Crippen LogP contribution in [0, 0.1) is 6.92 Å². The van der Waals surface area contributed by atoms with Crippen LogP contribution in [0.25, 0.3) is 22.6 Å². The van der Waals surface area contributed by atoms with Gasteiger partial charge >= 0.3 is 5.97 Å². The molecule has 0 bridgehead atoms. The summed E-state index contributed by atoms with van der Waals surface area (Å²) in [6.07, 6.45) is 0.613. The van der Waals surface area contributed by atoms with E-state index in [1.165, 1.54) is 5.56 Å². The summed E-state index contributed by atoms with van der Waals surface area (Å²) >= 11 is 0. The van der Waals surface area contributed by atoms with Gasteiger partial charge in [0.05, 0.1) is 12.3 Å². The normalized spacial score (nSPS) is 11.5. The number of benzene rings is 3. The minimum absolute atomic E-state index is 0.340. The molecule has 0 amide bonds. The first-order chi connectivity index (χ1) is 19.8. The maximum absolute atomic E-state index is 12.6. The number of hydrogen-bond acceptors (Lipinski definition) is 7. The number of rotatable bonds is 14. The van der Waals surface area contributed by atoms with Gasteiger partial charge in [-0.3, -0.25) is 0 Å². The minimum Gasteiger partial charge on any atom is -0.493 e. The summed E-state index contributed by atoms with van der Waals surface area (Å²) < 4.78 is 23.3. The number of hydrogen-bond donors (Lipinski definition) is 0. The number of aryl methyl sites for hydroxylation is 1. The lowest BCUT2D eigenvalue weighted by molar-refractivity contribution is -0.159. The number of carbonyl (C=O) groups excluding carboxylic acids is 1. The summed E-state index contributed by atoms with van der Waals surface area (Å²) in [6, 6.07) is 25.7. The predicted octanol–water partition coefficient (Wildman–Crippen LogP) is 6.98. The smallest absolute Gasteiger partial charge is 0.349 e. The van der Waals surface area contributed by atoms with Gasteiger partial charge in [0.2, 0.25) is 5.89 Å². The van der Waals surface area contributed by atoms with Crippen molar-refractivity contribution in [3.63, 3.8) is 0 Å². The maximum atomic E-state index is 12.6. The van der Waals surface area contributed by atoms with Gasteiger partial charge in [0.25, 0.3) is 0 Å². The molecular formula is C34H40N2O5. The molecule has 0 N–H and O–H groups in total. The molecular weight excluding hydrogens is 516 g/mol. The minimum atomic E-state index is -1.10. The first-order valence-corrected chi connectivity index (χ1v) is 14.2. The van der Waals surface area contributed by atoms with Gasteiger partial charge in [-0.1, -0.05) is 56.3 Å². The van der Waals surface area contributed by atoms with Crippen LogP contribution in [0.15, 0.2) is 83.3 Å². The molecule has 0 aliphatic rings. The second-order valence-corrected chi connectivity index (χ2v) is 10.3. The molecule has 0 aliphatic carbocycles. The maximum Gasteiger partial charge on any atom is 0.349 e. The lowest BCUT2D eigenvalue weighted by atomic mass is 10.0. The molecule has 0 saturated heterocycles. The van der Waals surface area contributed by atoms with E-state index in [1.54, 1.807) is 26.0 Å². The van der Waals surface area contributed by atoms with Crippen LogP contribution in [-0.2, 0) is 16.0 Å². The summed E-state index contributed by atoms with van der Waals surface area (Å²) in [5.74, 6) is 2.27. The highest BCUT2D eigenvalue weighted by Crippen LogP contribution is 2.27. The zero-order chi connectivity index (χ0) is 29.2. The average Bonchev–Trinajstić information content (AvgIpc) is 3.36. The third-order valence-electron chi connectivity index (χ3n) is 6.96. The largest absolute Gasteiger partial charge is 0.493 e. The number of nitrogens with zero attached hydrogens (tertiary/aromatic N) is 2. The SMILES string of the molecule is CCN(CC)CCOC(=O)C(C)(C)Oc1ccc(OCCc2nc(-c3ccc(-c4ccccc4)cc3)oc2C)cc1. The molecule has 4 rings (SSSR count). The molecule has 0 saturated carbocycles. The van der Waals surface area contributed by atoms with Crippen molar-refractivity contribution >= 4 is 5.97 Å². The Labute approximate surface area is 243 Å². The van der Waals surface area contributed by atoms with E-state index in [4.69, 9.17) is 23.6 Å². The van der Waals surface area contributed by atoms with Crippen molar-refractivity contribution in [3.05, 3.63) is 90.3 Å². The molecule has 0 radical (unpaired) electrons. The molecule has 0 aliphatic heterocycles. The average molecular weight is 557 g/mol. The number of likely N-dealkylation sites (N-methyl/N-ethyl adjacent to an activating group) is 1. The lowest BCUT2D eigenvalue weighted by Crippen LogP contribution is -2.41. The van der Waals surface area contributed by atoms with Gasteiger partial charge in [-0.05, 0) is 81.4 Å². The van der Waals surface area contributed by atoms with Gasteiger partial charge in [0.1, 0.15) is 23.9 Å². The number of aromatic nitrogens is 1. The van der Waals surface area contributed by atoms with E-state index in [1.807, 2.05) is 49.4 Å². The Morgan fingerprint density at radius 3 is 2.10 bits per heavy atom. The summed E-state index contributed by atoms with van der Waals surface area (Å²) in [6.45, 7) is 12.9. The first kappa shape index (κ1) is 29.9. The number of esters is 1. The van der Waals surface area contributed by atoms with Crippen molar-refractivity contribution in [2.24, 2.45) is 0 Å². The van der Waals surface area contributed by atoms with Gasteiger partial charge in [-0.2, -0.15) is 0 Å². The molecule has 0 atom stereocenters. The molecule has 1 heterocycles. The van der Waals surface area contributed by atoms with E-state index in [0.717, 1.165) is 35.7 Å². The second kappa shape index (κ2) is 14.0. The van der Waals surface area contributed by atoms with Crippen molar-refractivity contribution in [1.82, 2.24) is 9.88 Å². The van der Waals surface area contributed by atoms with Crippen molar-refractivity contribution in [1.29, 1.82) is 0 Å². The van der Waals surface area contributed by atoms with E-state index in [0.29, 0.717) is 43.6 Å². The van der Waals surface area contributed by atoms with Crippen molar-refractivity contribution in [2.75, 3.05) is 32.8 Å². The zero-order valence-corrected chi connectivity index (χ0v) is 24.7. The van der Waals surface area contributed by atoms with E-state index >= 15 is 0 Å². The highest BCUT2D eigenvalue weighted by Gasteiger charge is 2.32. The molecule has 0 spiro atoms. The fourth-order valence-corrected chi connectivity index (χ4v) is 4.41. The van der Waals surface area contributed by atoms with Gasteiger partial charge in [-0.25, -0.2) is 9.78 Å². The van der Waals surface area contributed by atoms with E-state index in [2.05, 4.69) is 43.0 Å². The Bertz CT molecular complexity index is 1380. The summed E-state index contributed by atoms with van der Waals surface area (Å²) in [5.41, 5.74) is 3.03. The molecule has 0 fully saturated rings. The standard InChI is InChI=1S/C34H40N2O5/c1-6-36(7-2)22-24-39-33(37)34(4,5)41-30-19-17-29(18-20-30)38-23-21-31-25(3)40-32(35-31)28-15-13-27(14-16-28)26-11-9-8-10-12-26/h8-20H,6-7,21-24H2,1-5H3. The lowest BCUT2D eigenvalue weighted by Gasteiger charge is -2.25. The van der Waals surface area contributed by atoms with E-state index < -0.39 is 5.60 Å². The number of carbonyl (C=O) groups is 1. The summed E-state index contributed by atoms with van der Waals surface area (Å²) in [4.78, 5) is 19.5. The highest BCUT2D eigenvalue weighted by molar-refractivity contribution is 5.79. The summed E-state index contributed by atoms with van der Waals surface area (Å²) in [7, 11) is 0. The monoisotopic (exact) mass is 556 g/mol. The van der Waals surface area contributed by atoms with Gasteiger partial charge < -0.3 is 23.5 Å². The zero-order valence-electron chi connectivity index (χ0n) is 24.7. The van der Waals surface area contributed by atoms with Gasteiger partial charge in [-0.15, -0.1) is 0 Å². The Morgan fingerprint density at radius 1 is 0.829 bits per heavy atom. The highest BCUT2D eigenvalue weighted by atomic mass is 16.6. The second-order valence-electron chi connectivity index (χ2n) is 10.3. The third-order valence-corrected chi connectivity index (χ3v) is 6.96. The van der Waals surface area contributed by atoms with Gasteiger partial charge in [0.15, 0.2) is 5.60 Å². The van der Waals surface area contributed by atoms with Gasteiger partial charge in [0, 0.05) is 18.5 Å². The molecule has 216 valence electrons. The molecule has 1 aromatic heterocycles. The topological polar surface area (TPSA) is 74.0 Å². The van der Waals surface area contributed by atoms with Crippen LogP contribution in [0.2, 0.25) is 0 Å². The molecule has 0 unspecified atom stereocenters. The van der Waals surface area contributed by atoms with Crippen LogP contribution < -0.4 is 9.47 Å². The number of oxazole rings is 1. The Balaban J connectivity index is 1.26. The van der Waals surface area contributed by atoms with Crippen LogP contribution in [-0.4, -0.2) is 54.3 Å². The quantitative estimate of drug-likeness (QED) is 0.155. The molecule has 7 nitrogen and oxygen atoms in total. The van der Waals surface area contributed by atoms with Crippen LogP contribution in [0.4, 0.5) is 0 Å².